The minimum Gasteiger partial charge on any atom is -0.467 e. The number of nitrogens with two attached hydrogens (primary N) is 1. The monoisotopic (exact) mass is 466 g/mol. The Morgan fingerprint density at radius 2 is 2.00 bits per heavy atom. The van der Waals surface area contributed by atoms with Crippen LogP contribution in [0.4, 0.5) is 11.5 Å². The van der Waals surface area contributed by atoms with Gasteiger partial charge in [0, 0.05) is 24.6 Å². The average Bonchev–Trinajstić information content (AvgIpc) is 3.46. The third-order valence-electron chi connectivity index (χ3n) is 5.54. The van der Waals surface area contributed by atoms with E-state index in [9.17, 15) is 14.4 Å². The molecule has 0 atom stereocenters. The number of methoxy groups -OCH3 is 1. The molecular weight excluding hydrogens is 440 g/mol. The Morgan fingerprint density at radius 1 is 1.21 bits per heavy atom. The summed E-state index contributed by atoms with van der Waals surface area (Å²) in [6.07, 6.45) is 2.95. The van der Waals surface area contributed by atoms with Crippen molar-refractivity contribution >= 4 is 28.4 Å². The number of rotatable bonds is 9. The lowest BCUT2D eigenvalue weighted by Gasteiger charge is -2.23. The van der Waals surface area contributed by atoms with Crippen LogP contribution >= 0.6 is 0 Å². The van der Waals surface area contributed by atoms with Crippen molar-refractivity contribution in [3.8, 4) is 0 Å². The number of hydrogen-bond donors (Lipinski definition) is 2. The topological polar surface area (TPSA) is 137 Å². The smallest absolute Gasteiger partial charge is 0.330 e. The van der Waals surface area contributed by atoms with E-state index in [-0.39, 0.29) is 30.4 Å². The van der Waals surface area contributed by atoms with E-state index in [0.29, 0.717) is 29.9 Å². The van der Waals surface area contributed by atoms with E-state index in [0.717, 1.165) is 11.8 Å². The quantitative estimate of drug-likeness (QED) is 0.386. The summed E-state index contributed by atoms with van der Waals surface area (Å²) in [5, 5.41) is 0.723. The molecular formula is C24H26N4O6. The molecule has 178 valence electrons. The van der Waals surface area contributed by atoms with E-state index >= 15 is 0 Å². The number of furan rings is 2. The Bertz CT molecular complexity index is 1410. The molecule has 10 nitrogen and oxygen atoms in total. The van der Waals surface area contributed by atoms with Gasteiger partial charge in [-0.2, -0.15) is 0 Å². The first-order valence-electron chi connectivity index (χ1n) is 10.9. The summed E-state index contributed by atoms with van der Waals surface area (Å²) in [4.78, 5) is 42.7. The molecule has 10 heteroatoms. The van der Waals surface area contributed by atoms with Gasteiger partial charge in [0.25, 0.3) is 11.5 Å². The molecule has 0 aliphatic heterocycles. The minimum absolute atomic E-state index is 0.0136. The third-order valence-corrected chi connectivity index (χ3v) is 5.54. The van der Waals surface area contributed by atoms with Gasteiger partial charge in [0.2, 0.25) is 0 Å². The van der Waals surface area contributed by atoms with Crippen LogP contribution in [0.25, 0.3) is 11.0 Å². The van der Waals surface area contributed by atoms with Crippen molar-refractivity contribution in [1.82, 2.24) is 9.55 Å². The molecule has 1 aromatic carbocycles. The first-order valence-corrected chi connectivity index (χ1v) is 10.9. The molecule has 0 radical (unpaired) electrons. The van der Waals surface area contributed by atoms with Crippen molar-refractivity contribution in [2.75, 3.05) is 17.7 Å². The first-order chi connectivity index (χ1) is 16.5. The van der Waals surface area contributed by atoms with Gasteiger partial charge in [0.1, 0.15) is 17.2 Å². The maximum Gasteiger partial charge on any atom is 0.330 e. The number of aromatic nitrogens is 2. The number of fused-ring (bicyclic) bond motifs is 1. The van der Waals surface area contributed by atoms with Crippen molar-refractivity contribution < 1.29 is 18.4 Å². The molecule has 3 heterocycles. The number of aromatic amines is 1. The van der Waals surface area contributed by atoms with Gasteiger partial charge in [-0.15, -0.1) is 0 Å². The number of H-pyrrole nitrogens is 1. The number of amides is 1. The summed E-state index contributed by atoms with van der Waals surface area (Å²) in [5.74, 6) is -0.286. The summed E-state index contributed by atoms with van der Waals surface area (Å²) in [7, 11) is 1.52. The molecule has 34 heavy (non-hydrogen) atoms. The average molecular weight is 466 g/mol. The number of hydrogen-bond acceptors (Lipinski definition) is 7. The van der Waals surface area contributed by atoms with E-state index in [4.69, 9.17) is 19.3 Å². The van der Waals surface area contributed by atoms with Crippen molar-refractivity contribution in [2.45, 2.75) is 39.5 Å². The molecule has 3 aromatic heterocycles. The third kappa shape index (κ3) is 4.27. The highest BCUT2D eigenvalue weighted by Gasteiger charge is 2.31. The number of benzene rings is 1. The van der Waals surface area contributed by atoms with E-state index in [1.807, 2.05) is 19.1 Å². The van der Waals surface area contributed by atoms with Crippen LogP contribution < -0.4 is 21.9 Å². The number of nitrogens with one attached hydrogen (secondary N) is 1. The lowest BCUT2D eigenvalue weighted by atomic mass is 10.1. The van der Waals surface area contributed by atoms with Crippen LogP contribution in [-0.2, 0) is 24.4 Å². The van der Waals surface area contributed by atoms with Crippen LogP contribution in [0.5, 0.6) is 0 Å². The standard InChI is InChI=1S/C24H26N4O6/c1-3-4-11-27-21(25)19(22(29)26-24(27)31)28(13-15-8-7-12-33-15)23(30)20-17(14-32-2)16-9-5-6-10-18(16)34-20/h5-10,12H,3-4,11,13-14,25H2,1-2H3,(H,26,29,31). The molecule has 0 aliphatic rings. The number of nitrogen functional groups attached to an aromatic ring is 1. The Morgan fingerprint density at radius 3 is 2.71 bits per heavy atom. The molecule has 0 bridgehead atoms. The van der Waals surface area contributed by atoms with Gasteiger partial charge < -0.3 is 19.3 Å². The number of unbranched alkanes of at least 4 members (excludes halogenated alkanes) is 1. The zero-order chi connectivity index (χ0) is 24.2. The molecule has 0 saturated carbocycles. The van der Waals surface area contributed by atoms with E-state index in [1.54, 1.807) is 24.3 Å². The molecule has 4 rings (SSSR count). The van der Waals surface area contributed by atoms with Gasteiger partial charge in [-0.05, 0) is 24.6 Å². The van der Waals surface area contributed by atoms with Crippen LogP contribution in [0, 0.1) is 0 Å². The molecule has 0 fully saturated rings. The lowest BCUT2D eigenvalue weighted by molar-refractivity contribution is 0.0951. The SMILES string of the molecule is CCCCn1c(N)c(N(Cc2ccco2)C(=O)c2oc3ccccc3c2COC)c(=O)[nH]c1=O. The normalized spacial score (nSPS) is 11.2. The van der Waals surface area contributed by atoms with E-state index < -0.39 is 17.2 Å². The van der Waals surface area contributed by atoms with Crippen molar-refractivity contribution in [3.05, 3.63) is 80.6 Å². The number of carbonyl (C=O) groups is 1. The molecule has 0 spiro atoms. The van der Waals surface area contributed by atoms with Gasteiger partial charge >= 0.3 is 5.69 Å². The molecule has 1 amide bonds. The summed E-state index contributed by atoms with van der Waals surface area (Å²) < 4.78 is 17.9. The zero-order valence-corrected chi connectivity index (χ0v) is 19.0. The first kappa shape index (κ1) is 23.1. The van der Waals surface area contributed by atoms with Crippen molar-refractivity contribution in [3.63, 3.8) is 0 Å². The second-order valence-electron chi connectivity index (χ2n) is 7.81. The molecule has 3 N–H and O–H groups in total. The predicted molar refractivity (Wildman–Crippen MR) is 127 cm³/mol. The van der Waals surface area contributed by atoms with Crippen LogP contribution in [-0.4, -0.2) is 22.6 Å². The van der Waals surface area contributed by atoms with E-state index in [1.165, 1.54) is 22.8 Å². The summed E-state index contributed by atoms with van der Waals surface area (Å²) in [5.41, 5.74) is 5.79. The highest BCUT2D eigenvalue weighted by Crippen LogP contribution is 2.30. The van der Waals surface area contributed by atoms with Gasteiger partial charge in [0.15, 0.2) is 11.4 Å². The van der Waals surface area contributed by atoms with Crippen LogP contribution in [0.2, 0.25) is 0 Å². The van der Waals surface area contributed by atoms with Crippen LogP contribution in [0.15, 0.2) is 61.1 Å². The molecule has 0 aliphatic carbocycles. The Balaban J connectivity index is 1.90. The highest BCUT2D eigenvalue weighted by molar-refractivity contribution is 6.08. The van der Waals surface area contributed by atoms with Gasteiger partial charge in [-0.3, -0.25) is 24.0 Å². The number of para-hydroxylation sites is 1. The maximum absolute atomic E-state index is 13.9. The second kappa shape index (κ2) is 9.84. The van der Waals surface area contributed by atoms with Crippen LogP contribution in [0.3, 0.4) is 0 Å². The number of ether oxygens (including phenoxy) is 1. The minimum atomic E-state index is -0.778. The molecule has 0 saturated heterocycles. The second-order valence-corrected chi connectivity index (χ2v) is 7.81. The van der Waals surface area contributed by atoms with Crippen LogP contribution in [0.1, 0.15) is 41.6 Å². The van der Waals surface area contributed by atoms with Gasteiger partial charge in [-0.1, -0.05) is 31.5 Å². The fourth-order valence-electron chi connectivity index (χ4n) is 3.87. The van der Waals surface area contributed by atoms with Gasteiger partial charge in [0.05, 0.1) is 19.4 Å². The highest BCUT2D eigenvalue weighted by atomic mass is 16.5. The fourth-order valence-corrected chi connectivity index (χ4v) is 3.87. The summed E-state index contributed by atoms with van der Waals surface area (Å²) in [6.45, 7) is 2.29. The van der Waals surface area contributed by atoms with Crippen molar-refractivity contribution in [1.29, 1.82) is 0 Å². The zero-order valence-electron chi connectivity index (χ0n) is 19.0. The summed E-state index contributed by atoms with van der Waals surface area (Å²) >= 11 is 0. The largest absolute Gasteiger partial charge is 0.467 e. The van der Waals surface area contributed by atoms with Crippen molar-refractivity contribution in [2.24, 2.45) is 0 Å². The molecule has 4 aromatic rings. The molecule has 0 unspecified atom stereocenters. The Labute approximate surface area is 194 Å². The number of anilines is 2. The lowest BCUT2D eigenvalue weighted by Crippen LogP contribution is -2.41. The van der Waals surface area contributed by atoms with Gasteiger partial charge in [-0.25, -0.2) is 4.79 Å². The maximum atomic E-state index is 13.9. The number of nitrogens with zero attached hydrogens (tertiary/aromatic N) is 2. The fraction of sp³-hybridized carbons (Fsp3) is 0.292. The van der Waals surface area contributed by atoms with E-state index in [2.05, 4.69) is 4.98 Å². The Hall–Kier alpha value is -4.05. The number of carbonyl (C=O) groups excluding carboxylic acids is 1. The Kier molecular flexibility index (Phi) is 6.69. The summed E-state index contributed by atoms with van der Waals surface area (Å²) in [6, 6.07) is 10.5. The predicted octanol–water partition coefficient (Wildman–Crippen LogP) is 3.25.